The molecular weight excluding hydrogens is 711 g/mol. The summed E-state index contributed by atoms with van der Waals surface area (Å²) in [5.74, 6) is 2.21. The predicted octanol–water partition coefficient (Wildman–Crippen LogP) is 4.05. The van der Waals surface area contributed by atoms with Gasteiger partial charge in [-0.2, -0.15) is 0 Å². The van der Waals surface area contributed by atoms with Gasteiger partial charge in [0.15, 0.2) is 0 Å². The van der Waals surface area contributed by atoms with E-state index in [9.17, 15) is 19.5 Å². The second-order valence-corrected chi connectivity index (χ2v) is 16.1. The van der Waals surface area contributed by atoms with Crippen LogP contribution in [0.2, 0.25) is 0 Å². The molecule has 0 bridgehead atoms. The summed E-state index contributed by atoms with van der Waals surface area (Å²) in [5, 5.41) is 12.5. The minimum atomic E-state index is -0.631. The van der Waals surface area contributed by atoms with Gasteiger partial charge in [0.1, 0.15) is 29.9 Å². The third kappa shape index (κ3) is 6.27. The largest absolute Gasteiger partial charge is 0.508 e. The van der Waals surface area contributed by atoms with Gasteiger partial charge in [0.05, 0.1) is 18.3 Å². The summed E-state index contributed by atoms with van der Waals surface area (Å²) in [7, 11) is 0. The third-order valence-corrected chi connectivity index (χ3v) is 12.7. The van der Waals surface area contributed by atoms with E-state index in [0.717, 1.165) is 86.2 Å². The molecule has 3 amide bonds. The number of ether oxygens (including phenoxy) is 2. The van der Waals surface area contributed by atoms with E-state index in [0.29, 0.717) is 43.4 Å². The van der Waals surface area contributed by atoms with E-state index in [1.54, 1.807) is 17.0 Å². The first-order valence-corrected chi connectivity index (χ1v) is 19.9. The number of amides is 3. The smallest absolute Gasteiger partial charge is 0.255 e. The fourth-order valence-corrected chi connectivity index (χ4v) is 9.79. The zero-order valence-electron chi connectivity index (χ0n) is 31.2. The van der Waals surface area contributed by atoms with Gasteiger partial charge in [-0.15, -0.1) is 0 Å². The van der Waals surface area contributed by atoms with Crippen molar-refractivity contribution < 1.29 is 29.0 Å². The number of aromatic hydroxyl groups is 1. The van der Waals surface area contributed by atoms with E-state index in [-0.39, 0.29) is 41.9 Å². The molecule has 0 saturated carbocycles. The molecule has 4 aromatic rings. The average Bonchev–Trinajstić information content (AvgIpc) is 3.54. The first kappa shape index (κ1) is 34.8. The first-order chi connectivity index (χ1) is 27.4. The van der Waals surface area contributed by atoms with Crippen LogP contribution < -0.4 is 24.6 Å². The van der Waals surface area contributed by atoms with Gasteiger partial charge in [-0.1, -0.05) is 36.4 Å². The summed E-state index contributed by atoms with van der Waals surface area (Å²) in [4.78, 5) is 56.3. The number of phenols is 1. The molecule has 1 aromatic heterocycles. The lowest BCUT2D eigenvalue weighted by Crippen LogP contribution is -2.58. The highest BCUT2D eigenvalue weighted by atomic mass is 16.5. The Labute approximate surface area is 325 Å². The number of fused-ring (bicyclic) bond motifs is 5. The highest BCUT2D eigenvalue weighted by Crippen LogP contribution is 2.47. The number of imide groups is 1. The fraction of sp³-hybridized carbons (Fsp3) is 0.419. The van der Waals surface area contributed by atoms with Crippen LogP contribution in [0.4, 0.5) is 11.6 Å². The molecule has 0 spiro atoms. The van der Waals surface area contributed by atoms with Gasteiger partial charge in [0.2, 0.25) is 17.8 Å². The summed E-state index contributed by atoms with van der Waals surface area (Å²) in [6.45, 7) is 7.06. The zero-order chi connectivity index (χ0) is 37.9. The van der Waals surface area contributed by atoms with E-state index >= 15 is 0 Å². The van der Waals surface area contributed by atoms with Gasteiger partial charge in [0.25, 0.3) is 5.91 Å². The van der Waals surface area contributed by atoms with Crippen molar-refractivity contribution in [2.24, 2.45) is 5.92 Å². The maximum atomic E-state index is 13.4. The van der Waals surface area contributed by atoms with Gasteiger partial charge in [-0.3, -0.25) is 24.6 Å². The van der Waals surface area contributed by atoms with Gasteiger partial charge in [-0.05, 0) is 60.1 Å². The lowest BCUT2D eigenvalue weighted by molar-refractivity contribution is -0.136. The van der Waals surface area contributed by atoms with Crippen molar-refractivity contribution >= 4 is 29.4 Å². The molecule has 6 aliphatic heterocycles. The van der Waals surface area contributed by atoms with Crippen LogP contribution in [0.15, 0.2) is 73.1 Å². The Morgan fingerprint density at radius 3 is 2.43 bits per heavy atom. The summed E-state index contributed by atoms with van der Waals surface area (Å²) >= 11 is 0. The molecule has 3 saturated heterocycles. The number of anilines is 2. The van der Waals surface area contributed by atoms with E-state index in [4.69, 9.17) is 19.4 Å². The summed E-state index contributed by atoms with van der Waals surface area (Å²) in [6, 6.07) is 19.3. The van der Waals surface area contributed by atoms with Crippen LogP contribution in [-0.4, -0.2) is 107 Å². The van der Waals surface area contributed by atoms with Crippen LogP contribution >= 0.6 is 0 Å². The Morgan fingerprint density at radius 2 is 1.62 bits per heavy atom. The molecular formula is C43H45N7O6. The van der Waals surface area contributed by atoms with E-state index in [1.165, 1.54) is 5.56 Å². The van der Waals surface area contributed by atoms with E-state index < -0.39 is 11.9 Å². The lowest BCUT2D eigenvalue weighted by atomic mass is 9.76. The van der Waals surface area contributed by atoms with Crippen LogP contribution in [0.5, 0.6) is 17.2 Å². The Bertz CT molecular complexity index is 2180. The van der Waals surface area contributed by atoms with Crippen LogP contribution in [0.25, 0.3) is 0 Å². The number of carbonyl (C=O) groups is 3. The summed E-state index contributed by atoms with van der Waals surface area (Å²) in [5.41, 5.74) is 5.78. The Balaban J connectivity index is 0.757. The fourth-order valence-electron chi connectivity index (χ4n) is 9.79. The van der Waals surface area contributed by atoms with Crippen molar-refractivity contribution in [1.82, 2.24) is 25.1 Å². The van der Waals surface area contributed by atoms with Crippen molar-refractivity contribution in [1.29, 1.82) is 0 Å². The molecule has 1 unspecified atom stereocenters. The van der Waals surface area contributed by atoms with Gasteiger partial charge in [0, 0.05) is 93.7 Å². The number of aromatic nitrogens is 2. The lowest BCUT2D eigenvalue weighted by Gasteiger charge is -2.46. The molecule has 3 fully saturated rings. The second-order valence-electron chi connectivity index (χ2n) is 16.1. The number of nitrogens with zero attached hydrogens (tertiary/aromatic N) is 6. The monoisotopic (exact) mass is 755 g/mol. The molecule has 56 heavy (non-hydrogen) atoms. The van der Waals surface area contributed by atoms with Crippen LogP contribution in [-0.2, 0) is 16.1 Å². The molecule has 13 nitrogen and oxygen atoms in total. The molecule has 4 atom stereocenters. The van der Waals surface area contributed by atoms with Gasteiger partial charge in [-0.25, -0.2) is 9.97 Å². The molecule has 13 heteroatoms. The minimum absolute atomic E-state index is 0.00501. The molecule has 10 rings (SSSR count). The first-order valence-electron chi connectivity index (χ1n) is 19.9. The topological polar surface area (TPSA) is 141 Å². The van der Waals surface area contributed by atoms with E-state index in [2.05, 4.69) is 50.3 Å². The molecule has 288 valence electrons. The van der Waals surface area contributed by atoms with Crippen LogP contribution in [0, 0.1) is 5.92 Å². The number of rotatable bonds is 6. The van der Waals surface area contributed by atoms with Crippen molar-refractivity contribution in [3.63, 3.8) is 0 Å². The number of benzene rings is 3. The van der Waals surface area contributed by atoms with Crippen molar-refractivity contribution in [2.45, 2.75) is 56.1 Å². The Kier molecular flexibility index (Phi) is 8.76. The number of hydrogen-bond donors (Lipinski definition) is 2. The van der Waals surface area contributed by atoms with Crippen LogP contribution in [0.3, 0.4) is 0 Å². The number of piperazine rings is 1. The highest BCUT2D eigenvalue weighted by molar-refractivity contribution is 6.06. The second kappa shape index (κ2) is 14.1. The number of phenolic OH excluding ortho intramolecular Hbond substituents is 1. The Hall–Kier alpha value is -5.69. The van der Waals surface area contributed by atoms with Gasteiger partial charge >= 0.3 is 0 Å². The molecule has 3 aromatic carbocycles. The number of nitrogens with one attached hydrogen (secondary N) is 1. The number of piperidine rings is 2. The predicted molar refractivity (Wildman–Crippen MR) is 207 cm³/mol. The third-order valence-electron chi connectivity index (χ3n) is 12.7. The summed E-state index contributed by atoms with van der Waals surface area (Å²) < 4.78 is 12.4. The zero-order valence-corrected chi connectivity index (χ0v) is 31.2. The van der Waals surface area contributed by atoms with Crippen molar-refractivity contribution in [3.8, 4) is 17.2 Å². The van der Waals surface area contributed by atoms with Crippen molar-refractivity contribution in [2.75, 3.05) is 62.3 Å². The molecule has 7 heterocycles. The van der Waals surface area contributed by atoms with Crippen molar-refractivity contribution in [3.05, 3.63) is 101 Å². The molecule has 0 radical (unpaired) electrons. The highest BCUT2D eigenvalue weighted by Gasteiger charge is 2.42. The molecule has 6 aliphatic rings. The van der Waals surface area contributed by atoms with Crippen LogP contribution in [0.1, 0.15) is 70.1 Å². The average molecular weight is 756 g/mol. The SMILES string of the molecule is O=C1CCC(N2Cc3cc4c(cc3C2=O)OC[C@@H]2CN(CC3CCN(c5ncc([C@H]6c7ccc(O)cc7OC[C@H]6c6ccccc6)cn5)CC3)CCN42)C(=O)N1. The van der Waals surface area contributed by atoms with E-state index in [1.807, 2.05) is 30.6 Å². The quantitative estimate of drug-likeness (QED) is 0.276. The summed E-state index contributed by atoms with van der Waals surface area (Å²) in [6.07, 6.45) is 6.68. The normalized spacial score (nSPS) is 25.1. The maximum absolute atomic E-state index is 13.4. The number of hydrogen-bond acceptors (Lipinski definition) is 11. The molecule has 0 aliphatic carbocycles. The van der Waals surface area contributed by atoms with Gasteiger partial charge < -0.3 is 29.3 Å². The molecule has 2 N–H and O–H groups in total. The Morgan fingerprint density at radius 1 is 0.821 bits per heavy atom. The number of carbonyl (C=O) groups excluding carboxylic acids is 3. The minimum Gasteiger partial charge on any atom is -0.508 e. The maximum Gasteiger partial charge on any atom is 0.255 e. The standard InChI is InChI=1S/C43H45N7O6/c51-31-6-7-32-37(17-31)56-25-34(27-4-2-1-3-5-27)40(32)29-19-44-43(45-20-29)48-12-10-26(11-13-48)21-47-14-15-49-30(23-47)24-55-38-18-33-28(16-36(38)49)22-50(42(33)54)35-8-9-39(52)46-41(35)53/h1-7,16-20,26,30,34-35,40,51H,8-15,21-25H2,(H,46,52,53)/t30-,34-,35?,40-/m0/s1.